The van der Waals surface area contributed by atoms with Crippen molar-refractivity contribution < 1.29 is 4.74 Å². The molecule has 0 radical (unpaired) electrons. The topological polar surface area (TPSA) is 41.7 Å². The van der Waals surface area contributed by atoms with E-state index in [1.807, 2.05) is 0 Å². The Labute approximate surface area is 118 Å². The van der Waals surface area contributed by atoms with Crippen molar-refractivity contribution in [2.24, 2.45) is 11.7 Å². The lowest BCUT2D eigenvalue weighted by Gasteiger charge is -2.35. The van der Waals surface area contributed by atoms with Crippen molar-refractivity contribution in [1.29, 1.82) is 0 Å². The van der Waals surface area contributed by atoms with Gasteiger partial charge < -0.3 is 10.5 Å². The molecule has 0 saturated carbocycles. The lowest BCUT2D eigenvalue weighted by molar-refractivity contribution is 0.0168. The maximum atomic E-state index is 6.05. The lowest BCUT2D eigenvalue weighted by Crippen LogP contribution is -2.48. The summed E-state index contributed by atoms with van der Waals surface area (Å²) in [5, 5.41) is 0. The van der Waals surface area contributed by atoms with Crippen molar-refractivity contribution in [3.05, 3.63) is 0 Å². The van der Waals surface area contributed by atoms with Gasteiger partial charge in [0.15, 0.2) is 0 Å². The van der Waals surface area contributed by atoms with Crippen LogP contribution in [0.1, 0.15) is 33.1 Å². The summed E-state index contributed by atoms with van der Waals surface area (Å²) in [5.74, 6) is 0.758. The van der Waals surface area contributed by atoms with Crippen LogP contribution in [0.15, 0.2) is 0 Å². The average molecular weight is 269 g/mol. The Kier molecular flexibility index (Phi) is 6.07. The summed E-state index contributed by atoms with van der Waals surface area (Å²) < 4.78 is 5.45. The number of likely N-dealkylation sites (tertiary alicyclic amines) is 1. The highest BCUT2D eigenvalue weighted by Gasteiger charge is 2.33. The van der Waals surface area contributed by atoms with E-state index >= 15 is 0 Å². The Morgan fingerprint density at radius 2 is 1.84 bits per heavy atom. The SMILES string of the molecule is CCC(CC)C(CN)N1CCC(N2CCOCC2)C1. The molecule has 2 saturated heterocycles. The van der Waals surface area contributed by atoms with Gasteiger partial charge in [-0.25, -0.2) is 0 Å². The molecule has 4 heteroatoms. The van der Waals surface area contributed by atoms with Gasteiger partial charge in [-0.05, 0) is 12.3 Å². The molecule has 112 valence electrons. The number of morpholine rings is 1. The van der Waals surface area contributed by atoms with E-state index in [-0.39, 0.29) is 0 Å². The Balaban J connectivity index is 1.88. The lowest BCUT2D eigenvalue weighted by atomic mass is 9.93. The highest BCUT2D eigenvalue weighted by molar-refractivity contribution is 4.90. The van der Waals surface area contributed by atoms with E-state index in [0.717, 1.165) is 44.8 Å². The van der Waals surface area contributed by atoms with Crippen LogP contribution in [0.5, 0.6) is 0 Å². The standard InChI is InChI=1S/C15H31N3O/c1-3-13(4-2)15(11-16)18-6-5-14(12-18)17-7-9-19-10-8-17/h13-15H,3-12,16H2,1-2H3. The molecule has 19 heavy (non-hydrogen) atoms. The summed E-state index contributed by atoms with van der Waals surface area (Å²) >= 11 is 0. The number of rotatable bonds is 6. The van der Waals surface area contributed by atoms with Gasteiger partial charge in [0, 0.05) is 44.8 Å². The molecule has 0 aliphatic carbocycles. The van der Waals surface area contributed by atoms with E-state index in [9.17, 15) is 0 Å². The number of hydrogen-bond donors (Lipinski definition) is 1. The summed E-state index contributed by atoms with van der Waals surface area (Å²) in [6.45, 7) is 11.9. The Bertz CT molecular complexity index is 252. The largest absolute Gasteiger partial charge is 0.379 e. The summed E-state index contributed by atoms with van der Waals surface area (Å²) in [7, 11) is 0. The van der Waals surface area contributed by atoms with Gasteiger partial charge in [0.1, 0.15) is 0 Å². The normalized spacial score (nSPS) is 28.1. The van der Waals surface area contributed by atoms with E-state index in [0.29, 0.717) is 6.04 Å². The summed E-state index contributed by atoms with van der Waals surface area (Å²) in [5.41, 5.74) is 6.05. The maximum Gasteiger partial charge on any atom is 0.0594 e. The van der Waals surface area contributed by atoms with E-state index in [2.05, 4.69) is 23.6 Å². The zero-order valence-corrected chi connectivity index (χ0v) is 12.7. The minimum Gasteiger partial charge on any atom is -0.379 e. The number of hydrogen-bond acceptors (Lipinski definition) is 4. The highest BCUT2D eigenvalue weighted by Crippen LogP contribution is 2.24. The van der Waals surface area contributed by atoms with E-state index in [4.69, 9.17) is 10.5 Å². The van der Waals surface area contributed by atoms with Crippen LogP contribution < -0.4 is 5.73 Å². The number of ether oxygens (including phenoxy) is 1. The highest BCUT2D eigenvalue weighted by atomic mass is 16.5. The van der Waals surface area contributed by atoms with Crippen LogP contribution in [0.3, 0.4) is 0 Å². The van der Waals surface area contributed by atoms with Gasteiger partial charge in [-0.1, -0.05) is 26.7 Å². The molecule has 0 aromatic heterocycles. The third-order valence-electron chi connectivity index (χ3n) is 5.06. The van der Waals surface area contributed by atoms with Crippen molar-refractivity contribution in [3.63, 3.8) is 0 Å². The molecule has 0 aromatic rings. The molecule has 2 aliphatic rings. The molecule has 2 aliphatic heterocycles. The van der Waals surface area contributed by atoms with Gasteiger partial charge in [0.25, 0.3) is 0 Å². The fraction of sp³-hybridized carbons (Fsp3) is 1.00. The average Bonchev–Trinajstić information content (AvgIpc) is 2.95. The van der Waals surface area contributed by atoms with Gasteiger partial charge in [-0.2, -0.15) is 0 Å². The minimum absolute atomic E-state index is 0.584. The van der Waals surface area contributed by atoms with Crippen molar-refractivity contribution in [2.45, 2.75) is 45.2 Å². The summed E-state index contributed by atoms with van der Waals surface area (Å²) in [6.07, 6.45) is 3.80. The predicted molar refractivity (Wildman–Crippen MR) is 79.3 cm³/mol. The third kappa shape index (κ3) is 3.69. The van der Waals surface area contributed by atoms with Crippen LogP contribution >= 0.6 is 0 Å². The molecule has 0 bridgehead atoms. The van der Waals surface area contributed by atoms with Crippen LogP contribution in [-0.2, 0) is 4.74 Å². The Hall–Kier alpha value is -0.160. The summed E-state index contributed by atoms with van der Waals surface area (Å²) in [4.78, 5) is 5.27. The van der Waals surface area contributed by atoms with Gasteiger partial charge in [-0.3, -0.25) is 9.80 Å². The molecular formula is C15H31N3O. The Morgan fingerprint density at radius 1 is 1.16 bits per heavy atom. The van der Waals surface area contributed by atoms with E-state index < -0.39 is 0 Å². The fourth-order valence-corrected chi connectivity index (χ4v) is 3.78. The maximum absolute atomic E-state index is 6.05. The monoisotopic (exact) mass is 269 g/mol. The van der Waals surface area contributed by atoms with Crippen molar-refractivity contribution in [1.82, 2.24) is 9.80 Å². The van der Waals surface area contributed by atoms with Crippen LogP contribution in [0, 0.1) is 5.92 Å². The predicted octanol–water partition coefficient (Wildman–Crippen LogP) is 1.16. The second-order valence-electron chi connectivity index (χ2n) is 5.97. The van der Waals surface area contributed by atoms with Gasteiger partial charge in [0.2, 0.25) is 0 Å². The van der Waals surface area contributed by atoms with Crippen LogP contribution in [0.4, 0.5) is 0 Å². The number of nitrogens with two attached hydrogens (primary N) is 1. The van der Waals surface area contributed by atoms with E-state index in [1.165, 1.54) is 32.4 Å². The molecule has 2 unspecified atom stereocenters. The zero-order valence-electron chi connectivity index (χ0n) is 12.7. The minimum atomic E-state index is 0.584. The molecule has 2 rings (SSSR count). The zero-order chi connectivity index (χ0) is 13.7. The molecule has 2 atom stereocenters. The first-order valence-electron chi connectivity index (χ1n) is 8.06. The first-order valence-corrected chi connectivity index (χ1v) is 8.06. The summed E-state index contributed by atoms with van der Waals surface area (Å²) in [6, 6.07) is 1.31. The van der Waals surface area contributed by atoms with Crippen molar-refractivity contribution >= 4 is 0 Å². The van der Waals surface area contributed by atoms with Gasteiger partial charge in [0.05, 0.1) is 13.2 Å². The molecule has 2 heterocycles. The Morgan fingerprint density at radius 3 is 2.42 bits per heavy atom. The molecule has 0 amide bonds. The first kappa shape index (κ1) is 15.2. The van der Waals surface area contributed by atoms with Crippen molar-refractivity contribution in [3.8, 4) is 0 Å². The van der Waals surface area contributed by atoms with Gasteiger partial charge in [-0.15, -0.1) is 0 Å². The van der Waals surface area contributed by atoms with Crippen LogP contribution in [0.25, 0.3) is 0 Å². The van der Waals surface area contributed by atoms with Crippen LogP contribution in [0.2, 0.25) is 0 Å². The van der Waals surface area contributed by atoms with E-state index in [1.54, 1.807) is 0 Å². The molecule has 2 N–H and O–H groups in total. The fourth-order valence-electron chi connectivity index (χ4n) is 3.78. The van der Waals surface area contributed by atoms with Crippen molar-refractivity contribution in [2.75, 3.05) is 45.9 Å². The molecule has 2 fully saturated rings. The first-order chi connectivity index (χ1) is 9.30. The molecule has 4 nitrogen and oxygen atoms in total. The molecular weight excluding hydrogens is 238 g/mol. The molecule has 0 aromatic carbocycles. The smallest absolute Gasteiger partial charge is 0.0594 e. The third-order valence-corrected chi connectivity index (χ3v) is 5.06. The second kappa shape index (κ2) is 7.58. The second-order valence-corrected chi connectivity index (χ2v) is 5.97. The van der Waals surface area contributed by atoms with Gasteiger partial charge >= 0.3 is 0 Å². The quantitative estimate of drug-likeness (QED) is 0.785. The molecule has 0 spiro atoms. The van der Waals surface area contributed by atoms with Crippen LogP contribution in [-0.4, -0.2) is 67.8 Å². The number of nitrogens with zero attached hydrogens (tertiary/aromatic N) is 2.